The van der Waals surface area contributed by atoms with Crippen molar-refractivity contribution < 1.29 is 19.0 Å². The number of nitrogens with zero attached hydrogens (tertiary/aromatic N) is 3. The molecule has 2 aromatic carbocycles. The van der Waals surface area contributed by atoms with Crippen molar-refractivity contribution in [3.8, 4) is 17.3 Å². The first kappa shape index (κ1) is 23.9. The Kier molecular flexibility index (Phi) is 8.39. The average molecular weight is 442 g/mol. The van der Waals surface area contributed by atoms with Crippen LogP contribution in [-0.2, 0) is 11.3 Å². The van der Waals surface area contributed by atoms with Gasteiger partial charge in [-0.05, 0) is 52.0 Å². The van der Waals surface area contributed by atoms with E-state index in [1.807, 2.05) is 44.2 Å². The lowest BCUT2D eigenvalue weighted by Crippen LogP contribution is -2.39. The van der Waals surface area contributed by atoms with Gasteiger partial charge in [-0.1, -0.05) is 30.3 Å². The molecule has 0 bridgehead atoms. The van der Waals surface area contributed by atoms with Crippen molar-refractivity contribution in [2.24, 2.45) is 0 Å². The molecule has 1 N–H and O–H groups in total. The molecule has 3 rings (SSSR count). The van der Waals surface area contributed by atoms with E-state index >= 15 is 0 Å². The molecule has 172 valence electrons. The van der Waals surface area contributed by atoms with Crippen LogP contribution in [0.3, 0.4) is 0 Å². The van der Waals surface area contributed by atoms with Crippen LogP contribution in [0.1, 0.15) is 32.0 Å². The lowest BCUT2D eigenvalue weighted by molar-refractivity contribution is 0.0131. The Morgan fingerprint density at radius 3 is 2.44 bits per heavy atom. The van der Waals surface area contributed by atoms with Crippen LogP contribution in [0, 0.1) is 12.7 Å². The van der Waals surface area contributed by atoms with Gasteiger partial charge in [0, 0.05) is 25.7 Å². The van der Waals surface area contributed by atoms with E-state index in [9.17, 15) is 9.50 Å². The highest BCUT2D eigenvalue weighted by molar-refractivity contribution is 5.43. The average Bonchev–Trinajstić information content (AvgIpc) is 3.09. The van der Waals surface area contributed by atoms with E-state index < -0.39 is 11.9 Å². The summed E-state index contributed by atoms with van der Waals surface area (Å²) in [5, 5.41) is 15.1. The first-order valence-electron chi connectivity index (χ1n) is 11.0. The molecule has 1 heterocycles. The van der Waals surface area contributed by atoms with Gasteiger partial charge < -0.3 is 14.6 Å². The lowest BCUT2D eigenvalue weighted by Gasteiger charge is -2.29. The molecule has 0 saturated heterocycles. The smallest absolute Gasteiger partial charge is 0.227 e. The molecule has 0 saturated carbocycles. The predicted molar refractivity (Wildman–Crippen MR) is 123 cm³/mol. The summed E-state index contributed by atoms with van der Waals surface area (Å²) in [6.45, 7) is 9.72. The van der Waals surface area contributed by atoms with Crippen LogP contribution in [0.4, 0.5) is 4.39 Å². The Labute approximate surface area is 189 Å². The Bertz CT molecular complexity index is 991. The normalized spacial score (nSPS) is 12.5. The van der Waals surface area contributed by atoms with Crippen LogP contribution in [0.25, 0.3) is 5.69 Å². The van der Waals surface area contributed by atoms with Gasteiger partial charge in [0.25, 0.3) is 0 Å². The molecule has 0 radical (unpaired) electrons. The largest absolute Gasteiger partial charge is 0.435 e. The summed E-state index contributed by atoms with van der Waals surface area (Å²) in [6, 6.07) is 16.1. The van der Waals surface area contributed by atoms with Crippen LogP contribution >= 0.6 is 0 Å². The number of aliphatic hydroxyl groups is 1. The standard InChI is InChI=1S/C25H32FN3O3/c1-5-31-17-21(30)15-28(18(2)3)16-22-19(4)27-29(20-11-7-6-8-12-20)25(22)32-24-14-10-9-13-23(24)26/h6-14,18,21,30H,5,15-17H2,1-4H3/t21-/m0/s1. The number of para-hydroxylation sites is 2. The number of benzene rings is 2. The minimum atomic E-state index is -0.613. The number of rotatable bonds is 11. The van der Waals surface area contributed by atoms with Crippen molar-refractivity contribution in [2.75, 3.05) is 19.8 Å². The van der Waals surface area contributed by atoms with E-state index in [1.165, 1.54) is 6.07 Å². The third kappa shape index (κ3) is 5.94. The molecule has 0 amide bonds. The van der Waals surface area contributed by atoms with Crippen molar-refractivity contribution in [1.82, 2.24) is 14.7 Å². The molecule has 0 spiro atoms. The van der Waals surface area contributed by atoms with E-state index in [-0.39, 0.29) is 18.4 Å². The number of hydrogen-bond acceptors (Lipinski definition) is 5. The highest BCUT2D eigenvalue weighted by atomic mass is 19.1. The van der Waals surface area contributed by atoms with E-state index in [1.54, 1.807) is 22.9 Å². The van der Waals surface area contributed by atoms with Crippen molar-refractivity contribution >= 4 is 0 Å². The maximum absolute atomic E-state index is 14.4. The molecule has 1 atom stereocenters. The zero-order valence-corrected chi connectivity index (χ0v) is 19.2. The second-order valence-corrected chi connectivity index (χ2v) is 7.99. The van der Waals surface area contributed by atoms with E-state index in [4.69, 9.17) is 14.6 Å². The maximum Gasteiger partial charge on any atom is 0.227 e. The second kappa shape index (κ2) is 11.2. The van der Waals surface area contributed by atoms with Gasteiger partial charge in [-0.25, -0.2) is 9.07 Å². The fourth-order valence-electron chi connectivity index (χ4n) is 3.44. The number of aromatic nitrogens is 2. The summed E-state index contributed by atoms with van der Waals surface area (Å²) >= 11 is 0. The first-order valence-corrected chi connectivity index (χ1v) is 11.0. The summed E-state index contributed by atoms with van der Waals surface area (Å²) < 4.78 is 27.6. The first-order chi connectivity index (χ1) is 15.4. The van der Waals surface area contributed by atoms with Gasteiger partial charge in [0.1, 0.15) is 0 Å². The monoisotopic (exact) mass is 441 g/mol. The number of halogens is 1. The zero-order valence-electron chi connectivity index (χ0n) is 19.2. The number of hydrogen-bond donors (Lipinski definition) is 1. The van der Waals surface area contributed by atoms with Gasteiger partial charge in [-0.3, -0.25) is 4.90 Å². The van der Waals surface area contributed by atoms with E-state index in [2.05, 4.69) is 18.7 Å². The molecule has 1 aromatic heterocycles. The van der Waals surface area contributed by atoms with Gasteiger partial charge >= 0.3 is 0 Å². The SMILES string of the molecule is CCOC[C@@H](O)CN(Cc1c(C)nn(-c2ccccc2)c1Oc1ccccc1F)C(C)C. The molecule has 0 aliphatic carbocycles. The quantitative estimate of drug-likeness (QED) is 0.467. The van der Waals surface area contributed by atoms with Crippen LogP contribution < -0.4 is 4.74 Å². The molecule has 0 aliphatic rings. The van der Waals surface area contributed by atoms with Crippen LogP contribution in [0.2, 0.25) is 0 Å². The molecule has 6 nitrogen and oxygen atoms in total. The highest BCUT2D eigenvalue weighted by Crippen LogP contribution is 2.33. The van der Waals surface area contributed by atoms with E-state index in [0.717, 1.165) is 16.9 Å². The molecule has 0 fully saturated rings. The van der Waals surface area contributed by atoms with Gasteiger partial charge in [0.15, 0.2) is 11.6 Å². The minimum Gasteiger partial charge on any atom is -0.435 e. The minimum absolute atomic E-state index is 0.137. The van der Waals surface area contributed by atoms with Gasteiger partial charge in [0.05, 0.1) is 29.7 Å². The van der Waals surface area contributed by atoms with Gasteiger partial charge in [0.2, 0.25) is 5.88 Å². The number of aryl methyl sites for hydroxylation is 1. The molecular weight excluding hydrogens is 409 g/mol. The fraction of sp³-hybridized carbons (Fsp3) is 0.400. The molecule has 0 aliphatic heterocycles. The van der Waals surface area contributed by atoms with E-state index in [0.29, 0.717) is 25.6 Å². The van der Waals surface area contributed by atoms with Crippen molar-refractivity contribution in [1.29, 1.82) is 0 Å². The van der Waals surface area contributed by atoms with Gasteiger partial charge in [-0.2, -0.15) is 5.10 Å². The molecule has 0 unspecified atom stereocenters. The van der Waals surface area contributed by atoms with Crippen LogP contribution in [0.15, 0.2) is 54.6 Å². The van der Waals surface area contributed by atoms with Gasteiger partial charge in [-0.15, -0.1) is 0 Å². The molecule has 32 heavy (non-hydrogen) atoms. The molecule has 7 heteroatoms. The topological polar surface area (TPSA) is 59.8 Å². The third-order valence-electron chi connectivity index (χ3n) is 5.23. The summed E-state index contributed by atoms with van der Waals surface area (Å²) in [4.78, 5) is 2.14. The fourth-order valence-corrected chi connectivity index (χ4v) is 3.44. The Balaban J connectivity index is 1.98. The summed E-state index contributed by atoms with van der Waals surface area (Å²) in [6.07, 6.45) is -0.613. The van der Waals surface area contributed by atoms with Crippen LogP contribution in [0.5, 0.6) is 11.6 Å². The molecular formula is C25H32FN3O3. The number of ether oxygens (including phenoxy) is 2. The van der Waals surface area contributed by atoms with Crippen molar-refractivity contribution in [2.45, 2.75) is 46.4 Å². The Hall–Kier alpha value is -2.74. The highest BCUT2D eigenvalue weighted by Gasteiger charge is 2.24. The number of aliphatic hydroxyl groups excluding tert-OH is 1. The molecule has 3 aromatic rings. The summed E-state index contributed by atoms with van der Waals surface area (Å²) in [5.74, 6) is 0.159. The third-order valence-corrected chi connectivity index (χ3v) is 5.23. The maximum atomic E-state index is 14.4. The second-order valence-electron chi connectivity index (χ2n) is 7.99. The summed E-state index contributed by atoms with van der Waals surface area (Å²) in [5.41, 5.74) is 2.44. The van der Waals surface area contributed by atoms with Crippen molar-refractivity contribution in [3.63, 3.8) is 0 Å². The van der Waals surface area contributed by atoms with Crippen LogP contribution in [-0.4, -0.2) is 51.7 Å². The zero-order chi connectivity index (χ0) is 23.1. The Morgan fingerprint density at radius 2 is 1.78 bits per heavy atom. The Morgan fingerprint density at radius 1 is 1.09 bits per heavy atom. The lowest BCUT2D eigenvalue weighted by atomic mass is 10.2. The predicted octanol–water partition coefficient (Wildman–Crippen LogP) is 4.72. The van der Waals surface area contributed by atoms with Crippen molar-refractivity contribution in [3.05, 3.63) is 71.7 Å². The summed E-state index contributed by atoms with van der Waals surface area (Å²) in [7, 11) is 0.